The van der Waals surface area contributed by atoms with Crippen molar-refractivity contribution in [2.75, 3.05) is 4.90 Å². The van der Waals surface area contributed by atoms with Gasteiger partial charge < -0.3 is 0 Å². The molecule has 2 heterocycles. The third-order valence-corrected chi connectivity index (χ3v) is 3.75. The molecule has 1 aliphatic rings. The fourth-order valence-electron chi connectivity index (χ4n) is 1.94. The van der Waals surface area contributed by atoms with Gasteiger partial charge in [-0.3, -0.25) is 14.5 Å². The number of fused-ring (bicyclic) bond motifs is 1. The van der Waals surface area contributed by atoms with Gasteiger partial charge in [-0.15, -0.1) is 10.2 Å². The van der Waals surface area contributed by atoms with Gasteiger partial charge >= 0.3 is 0 Å². The monoisotopic (exact) mass is 315 g/mol. The highest BCUT2D eigenvalue weighted by Gasteiger charge is 2.40. The normalized spacial score (nSPS) is 14.1. The van der Waals surface area contributed by atoms with Crippen LogP contribution in [0.15, 0.2) is 12.1 Å². The zero-order chi connectivity index (χ0) is 14.4. The van der Waals surface area contributed by atoms with Gasteiger partial charge in [-0.25, -0.2) is 8.78 Å². The Morgan fingerprint density at radius 3 is 2.55 bits per heavy atom. The molecule has 9 heteroatoms. The number of anilines is 1. The van der Waals surface area contributed by atoms with Crippen LogP contribution < -0.4 is 4.90 Å². The molecule has 0 fully saturated rings. The van der Waals surface area contributed by atoms with Crippen molar-refractivity contribution in [2.24, 2.45) is 0 Å². The first-order valence-electron chi connectivity index (χ1n) is 5.31. The van der Waals surface area contributed by atoms with E-state index in [1.807, 2.05) is 0 Å². The maximum Gasteiger partial charge on any atom is 0.300 e. The zero-order valence-electron chi connectivity index (χ0n) is 9.56. The Kier molecular flexibility index (Phi) is 2.98. The predicted molar refractivity (Wildman–Crippen MR) is 66.8 cm³/mol. The average Bonchev–Trinajstić information content (AvgIpc) is 2.92. The summed E-state index contributed by atoms with van der Waals surface area (Å²) in [6.07, 6.45) is 0. The second kappa shape index (κ2) is 4.57. The zero-order valence-corrected chi connectivity index (χ0v) is 11.1. The Morgan fingerprint density at radius 1 is 1.20 bits per heavy atom. The number of benzene rings is 1. The number of amides is 1. The highest BCUT2D eigenvalue weighted by atomic mass is 35.5. The second-order valence-corrected chi connectivity index (χ2v) is 5.57. The molecule has 0 atom stereocenters. The molecule has 1 aromatic heterocycles. The predicted octanol–water partition coefficient (Wildman–Crippen LogP) is 2.20. The number of nitrogens with zero attached hydrogens (tertiary/aromatic N) is 3. The lowest BCUT2D eigenvalue weighted by Crippen LogP contribution is -2.29. The lowest BCUT2D eigenvalue weighted by molar-refractivity contribution is -0.114. The fourth-order valence-corrected chi connectivity index (χ4v) is 2.79. The van der Waals surface area contributed by atoms with Crippen molar-refractivity contribution in [3.05, 3.63) is 38.8 Å². The topological polar surface area (TPSA) is 63.2 Å². The number of ketones is 1. The highest BCUT2D eigenvalue weighted by molar-refractivity contribution is 7.15. The van der Waals surface area contributed by atoms with Crippen LogP contribution in [0, 0.1) is 11.6 Å². The minimum Gasteiger partial charge on any atom is -0.295 e. The van der Waals surface area contributed by atoms with E-state index in [9.17, 15) is 18.4 Å². The maximum atomic E-state index is 13.8. The summed E-state index contributed by atoms with van der Waals surface area (Å²) < 4.78 is 27.6. The van der Waals surface area contributed by atoms with Crippen molar-refractivity contribution in [3.8, 4) is 0 Å². The smallest absolute Gasteiger partial charge is 0.295 e. The summed E-state index contributed by atoms with van der Waals surface area (Å²) in [4.78, 5) is 24.4. The van der Waals surface area contributed by atoms with Crippen molar-refractivity contribution in [1.29, 1.82) is 0 Å². The third-order valence-electron chi connectivity index (χ3n) is 2.75. The lowest BCUT2D eigenvalue weighted by atomic mass is 10.1. The lowest BCUT2D eigenvalue weighted by Gasteiger charge is -2.14. The number of carbonyl (C=O) groups excluding carboxylic acids is 2. The molecule has 0 saturated heterocycles. The molecule has 0 radical (unpaired) electrons. The molecule has 1 amide bonds. The van der Waals surface area contributed by atoms with Gasteiger partial charge in [0, 0.05) is 0 Å². The van der Waals surface area contributed by atoms with Crippen LogP contribution >= 0.6 is 22.9 Å². The molecule has 0 unspecified atom stereocenters. The van der Waals surface area contributed by atoms with E-state index in [0.29, 0.717) is 5.01 Å². The molecule has 1 aromatic carbocycles. The van der Waals surface area contributed by atoms with Crippen LogP contribution in [0.25, 0.3) is 0 Å². The number of hydrogen-bond acceptors (Lipinski definition) is 5. The molecule has 0 bridgehead atoms. The van der Waals surface area contributed by atoms with E-state index in [0.717, 1.165) is 28.4 Å². The van der Waals surface area contributed by atoms with E-state index in [1.54, 1.807) is 0 Å². The molecule has 5 nitrogen and oxygen atoms in total. The number of aromatic nitrogens is 2. The van der Waals surface area contributed by atoms with Crippen molar-refractivity contribution in [1.82, 2.24) is 10.2 Å². The van der Waals surface area contributed by atoms with Crippen molar-refractivity contribution in [2.45, 2.75) is 6.54 Å². The van der Waals surface area contributed by atoms with Gasteiger partial charge in [-0.05, 0) is 23.7 Å². The Bertz CT molecular complexity index is 749. The molecule has 0 N–H and O–H groups in total. The standard InChI is InChI=1S/C11H4ClF2N3O2S/c12-11-16-15-6(20-11)3-17-8-5(14)2-1-4(13)7(8)9(18)10(17)19/h1-2H,3H2. The van der Waals surface area contributed by atoms with Crippen LogP contribution in [-0.4, -0.2) is 21.9 Å². The van der Waals surface area contributed by atoms with Crippen molar-refractivity contribution in [3.63, 3.8) is 0 Å². The fraction of sp³-hybridized carbons (Fsp3) is 0.0909. The second-order valence-electron chi connectivity index (χ2n) is 3.92. The highest BCUT2D eigenvalue weighted by Crippen LogP contribution is 2.35. The van der Waals surface area contributed by atoms with E-state index in [4.69, 9.17) is 11.6 Å². The SMILES string of the molecule is O=C1C(=O)N(Cc2nnc(Cl)s2)c2c(F)ccc(F)c21. The van der Waals surface area contributed by atoms with Crippen molar-refractivity contribution >= 4 is 40.3 Å². The van der Waals surface area contributed by atoms with Gasteiger partial charge in [0.05, 0.1) is 17.8 Å². The van der Waals surface area contributed by atoms with Crippen LogP contribution in [0.3, 0.4) is 0 Å². The number of rotatable bonds is 2. The summed E-state index contributed by atoms with van der Waals surface area (Å²) in [7, 11) is 0. The molecule has 102 valence electrons. The molecule has 3 rings (SSSR count). The van der Waals surface area contributed by atoms with Crippen LogP contribution in [0.5, 0.6) is 0 Å². The first-order valence-corrected chi connectivity index (χ1v) is 6.50. The largest absolute Gasteiger partial charge is 0.300 e. The Balaban J connectivity index is 2.08. The number of hydrogen-bond donors (Lipinski definition) is 0. The van der Waals surface area contributed by atoms with E-state index in [1.165, 1.54) is 0 Å². The summed E-state index contributed by atoms with van der Waals surface area (Å²) in [6, 6.07) is 1.67. The average molecular weight is 316 g/mol. The Labute approximate surface area is 119 Å². The van der Waals surface area contributed by atoms with Gasteiger partial charge in [0.1, 0.15) is 16.6 Å². The third kappa shape index (κ3) is 1.88. The molecular formula is C11H4ClF2N3O2S. The van der Waals surface area contributed by atoms with Gasteiger partial charge in [-0.2, -0.15) is 0 Å². The number of Topliss-reactive ketones (excluding diaryl/α,β-unsaturated/α-hetero) is 1. The molecule has 2 aromatic rings. The molecule has 0 spiro atoms. The quantitative estimate of drug-likeness (QED) is 0.797. The van der Waals surface area contributed by atoms with E-state index >= 15 is 0 Å². The molecule has 0 aliphatic carbocycles. The van der Waals surface area contributed by atoms with Crippen LogP contribution in [0.1, 0.15) is 15.4 Å². The minimum absolute atomic E-state index is 0.151. The Hall–Kier alpha value is -1.93. The first kappa shape index (κ1) is 13.1. The van der Waals surface area contributed by atoms with E-state index in [2.05, 4.69) is 10.2 Å². The summed E-state index contributed by atoms with van der Waals surface area (Å²) in [5.74, 6) is -3.86. The van der Waals surface area contributed by atoms with Crippen molar-refractivity contribution < 1.29 is 18.4 Å². The van der Waals surface area contributed by atoms with E-state index < -0.39 is 28.9 Å². The van der Waals surface area contributed by atoms with Gasteiger partial charge in [0.2, 0.25) is 4.47 Å². The van der Waals surface area contributed by atoms with Gasteiger partial charge in [0.25, 0.3) is 11.7 Å². The van der Waals surface area contributed by atoms with Gasteiger partial charge in [0.15, 0.2) is 0 Å². The molecule has 0 saturated carbocycles. The number of halogens is 3. The summed E-state index contributed by atoms with van der Waals surface area (Å²) in [6.45, 7) is -0.192. The summed E-state index contributed by atoms with van der Waals surface area (Å²) in [5.41, 5.74) is -0.920. The Morgan fingerprint density at radius 2 is 1.90 bits per heavy atom. The maximum absolute atomic E-state index is 13.8. The van der Waals surface area contributed by atoms with Crippen LogP contribution in [0.2, 0.25) is 4.47 Å². The van der Waals surface area contributed by atoms with E-state index in [-0.39, 0.29) is 16.7 Å². The molecule has 20 heavy (non-hydrogen) atoms. The van der Waals surface area contributed by atoms with Crippen LogP contribution in [-0.2, 0) is 11.3 Å². The summed E-state index contributed by atoms with van der Waals surface area (Å²) >= 11 is 6.59. The first-order chi connectivity index (χ1) is 9.49. The minimum atomic E-state index is -1.08. The number of carbonyl (C=O) groups is 2. The summed E-state index contributed by atoms with van der Waals surface area (Å²) in [5, 5.41) is 7.53. The van der Waals surface area contributed by atoms with Crippen LogP contribution in [0.4, 0.5) is 14.5 Å². The molecule has 1 aliphatic heterocycles. The molecular weight excluding hydrogens is 312 g/mol. The van der Waals surface area contributed by atoms with Gasteiger partial charge in [-0.1, -0.05) is 11.3 Å².